The van der Waals surface area contributed by atoms with Gasteiger partial charge in [0.1, 0.15) is 6.04 Å². The van der Waals surface area contributed by atoms with Crippen molar-refractivity contribution < 1.29 is 4.79 Å². The van der Waals surface area contributed by atoms with Crippen LogP contribution in [-0.2, 0) is 4.79 Å². The average molecular weight is 188 g/mol. The predicted octanol–water partition coefficient (Wildman–Crippen LogP) is 0.973. The monoisotopic (exact) mass is 187 g/mol. The fraction of sp³-hybridized carbons (Fsp3) is 0.429. The molecule has 0 aliphatic carbocycles. The Balaban J connectivity index is 2.87. The molecule has 12 heavy (non-hydrogen) atoms. The molecule has 0 bridgehead atoms. The first kappa shape index (κ1) is 9.06. The molecule has 1 rings (SSSR count). The van der Waals surface area contributed by atoms with Gasteiger partial charge in [-0.2, -0.15) is 5.10 Å². The van der Waals surface area contributed by atoms with E-state index in [4.69, 9.17) is 17.3 Å². The van der Waals surface area contributed by atoms with E-state index in [9.17, 15) is 4.79 Å². The van der Waals surface area contributed by atoms with Gasteiger partial charge >= 0.3 is 0 Å². The van der Waals surface area contributed by atoms with Crippen LogP contribution in [0.2, 0.25) is 5.02 Å². The van der Waals surface area contributed by atoms with E-state index in [0.29, 0.717) is 11.4 Å². The summed E-state index contributed by atoms with van der Waals surface area (Å²) in [7, 11) is 0. The number of nitrogens with two attached hydrogens (primary N) is 1. The summed E-state index contributed by atoms with van der Waals surface area (Å²) in [5.41, 5.74) is 5.15. The molecule has 0 radical (unpaired) electrons. The molecule has 0 aliphatic rings. The van der Waals surface area contributed by atoms with Crippen LogP contribution >= 0.6 is 11.6 Å². The number of carbonyl (C=O) groups is 1. The summed E-state index contributed by atoms with van der Waals surface area (Å²) in [6.45, 7) is 1.87. The minimum atomic E-state index is -0.391. The van der Waals surface area contributed by atoms with Crippen molar-refractivity contribution in [3.8, 4) is 0 Å². The molecule has 0 fully saturated rings. The van der Waals surface area contributed by atoms with E-state index in [1.54, 1.807) is 6.20 Å². The summed E-state index contributed by atoms with van der Waals surface area (Å²) in [6.07, 6.45) is 3.68. The number of nitrogens with zero attached hydrogens (tertiary/aromatic N) is 2. The van der Waals surface area contributed by atoms with Gasteiger partial charge in [-0.15, -0.1) is 0 Å². The Morgan fingerprint density at radius 2 is 2.58 bits per heavy atom. The van der Waals surface area contributed by atoms with E-state index in [1.165, 1.54) is 10.9 Å². The number of rotatable bonds is 3. The fourth-order valence-electron chi connectivity index (χ4n) is 1.00. The maximum Gasteiger partial charge on any atom is 0.242 e. The van der Waals surface area contributed by atoms with Gasteiger partial charge in [0, 0.05) is 6.20 Å². The second-order valence-electron chi connectivity index (χ2n) is 2.46. The van der Waals surface area contributed by atoms with Crippen LogP contribution in [0.5, 0.6) is 0 Å². The molecule has 0 saturated carbocycles. The Hall–Kier alpha value is -1.03. The maximum atomic E-state index is 10.9. The Labute approximate surface area is 75.3 Å². The van der Waals surface area contributed by atoms with E-state index in [0.717, 1.165) is 0 Å². The molecule has 1 atom stereocenters. The zero-order valence-corrected chi connectivity index (χ0v) is 7.45. The van der Waals surface area contributed by atoms with Gasteiger partial charge in [0.2, 0.25) is 5.91 Å². The van der Waals surface area contributed by atoms with Gasteiger partial charge in [-0.05, 0) is 6.42 Å². The third-order valence-corrected chi connectivity index (χ3v) is 1.80. The molecule has 1 aromatic heterocycles. The van der Waals surface area contributed by atoms with Gasteiger partial charge in [-0.3, -0.25) is 9.48 Å². The quantitative estimate of drug-likeness (QED) is 0.767. The van der Waals surface area contributed by atoms with E-state index in [-0.39, 0.29) is 0 Å². The van der Waals surface area contributed by atoms with Crippen molar-refractivity contribution >= 4 is 17.5 Å². The van der Waals surface area contributed by atoms with E-state index in [2.05, 4.69) is 5.10 Å². The molecule has 0 aromatic carbocycles. The van der Waals surface area contributed by atoms with Gasteiger partial charge in [-0.1, -0.05) is 18.5 Å². The number of primary amides is 1. The Kier molecular flexibility index (Phi) is 2.70. The van der Waals surface area contributed by atoms with Crippen molar-refractivity contribution in [1.82, 2.24) is 9.78 Å². The number of hydrogen-bond acceptors (Lipinski definition) is 2. The maximum absolute atomic E-state index is 10.9. The van der Waals surface area contributed by atoms with Crippen molar-refractivity contribution in [3.05, 3.63) is 17.4 Å². The second kappa shape index (κ2) is 3.58. The van der Waals surface area contributed by atoms with Gasteiger partial charge in [0.15, 0.2) is 0 Å². The lowest BCUT2D eigenvalue weighted by atomic mass is 10.2. The van der Waals surface area contributed by atoms with E-state index >= 15 is 0 Å². The van der Waals surface area contributed by atoms with Crippen LogP contribution in [-0.4, -0.2) is 15.7 Å². The van der Waals surface area contributed by atoms with Gasteiger partial charge < -0.3 is 5.73 Å². The lowest BCUT2D eigenvalue weighted by molar-refractivity contribution is -0.121. The molecule has 5 heteroatoms. The first-order valence-electron chi connectivity index (χ1n) is 3.64. The van der Waals surface area contributed by atoms with Crippen LogP contribution in [0.15, 0.2) is 12.4 Å². The topological polar surface area (TPSA) is 60.9 Å². The molecule has 0 spiro atoms. The van der Waals surface area contributed by atoms with Crippen LogP contribution in [0.25, 0.3) is 0 Å². The highest BCUT2D eigenvalue weighted by atomic mass is 35.5. The molecule has 2 N–H and O–H groups in total. The summed E-state index contributed by atoms with van der Waals surface area (Å²) < 4.78 is 1.48. The van der Waals surface area contributed by atoms with Crippen molar-refractivity contribution in [2.45, 2.75) is 19.4 Å². The minimum Gasteiger partial charge on any atom is -0.368 e. The molecule has 0 saturated heterocycles. The van der Waals surface area contributed by atoms with E-state index in [1.807, 2.05) is 6.92 Å². The molecular formula is C7H10ClN3O. The highest BCUT2D eigenvalue weighted by Crippen LogP contribution is 2.13. The predicted molar refractivity (Wildman–Crippen MR) is 45.8 cm³/mol. The minimum absolute atomic E-state index is 0.391. The van der Waals surface area contributed by atoms with Crippen molar-refractivity contribution in [3.63, 3.8) is 0 Å². The average Bonchev–Trinajstić information content (AvgIpc) is 2.37. The summed E-state index contributed by atoms with van der Waals surface area (Å²) in [5.74, 6) is -0.391. The van der Waals surface area contributed by atoms with Crippen LogP contribution < -0.4 is 5.73 Å². The third kappa shape index (κ3) is 1.76. The molecule has 0 unspecified atom stereocenters. The molecule has 4 nitrogen and oxygen atoms in total. The first-order chi connectivity index (χ1) is 5.65. The fourth-order valence-corrected chi connectivity index (χ4v) is 1.15. The van der Waals surface area contributed by atoms with Gasteiger partial charge in [0.05, 0.1) is 11.2 Å². The highest BCUT2D eigenvalue weighted by Gasteiger charge is 2.15. The Morgan fingerprint density at radius 1 is 1.92 bits per heavy atom. The summed E-state index contributed by atoms with van der Waals surface area (Å²) >= 11 is 5.63. The summed E-state index contributed by atoms with van der Waals surface area (Å²) in [6, 6.07) is -0.391. The van der Waals surface area contributed by atoms with Crippen molar-refractivity contribution in [1.29, 1.82) is 0 Å². The molecule has 1 amide bonds. The number of amides is 1. The number of aromatic nitrogens is 2. The molecule has 1 heterocycles. The van der Waals surface area contributed by atoms with Crippen molar-refractivity contribution in [2.24, 2.45) is 5.73 Å². The molecule has 66 valence electrons. The highest BCUT2D eigenvalue weighted by molar-refractivity contribution is 6.30. The second-order valence-corrected chi connectivity index (χ2v) is 2.90. The normalized spacial score (nSPS) is 12.8. The van der Waals surface area contributed by atoms with Gasteiger partial charge in [-0.25, -0.2) is 0 Å². The zero-order valence-electron chi connectivity index (χ0n) is 6.70. The molecule has 1 aromatic rings. The van der Waals surface area contributed by atoms with E-state index < -0.39 is 11.9 Å². The summed E-state index contributed by atoms with van der Waals surface area (Å²) in [4.78, 5) is 10.9. The number of carbonyl (C=O) groups excluding carboxylic acids is 1. The van der Waals surface area contributed by atoms with Crippen LogP contribution in [0.3, 0.4) is 0 Å². The SMILES string of the molecule is CC[C@H](C(N)=O)n1cc(Cl)cn1. The lowest BCUT2D eigenvalue weighted by Crippen LogP contribution is -2.26. The van der Waals surface area contributed by atoms with Crippen LogP contribution in [0.1, 0.15) is 19.4 Å². The largest absolute Gasteiger partial charge is 0.368 e. The van der Waals surface area contributed by atoms with Crippen molar-refractivity contribution in [2.75, 3.05) is 0 Å². The number of hydrogen-bond donors (Lipinski definition) is 1. The number of halogens is 1. The Bertz CT molecular complexity index is 284. The van der Waals surface area contributed by atoms with Gasteiger partial charge in [0.25, 0.3) is 0 Å². The van der Waals surface area contributed by atoms with Crippen LogP contribution in [0, 0.1) is 0 Å². The summed E-state index contributed by atoms with van der Waals surface area (Å²) in [5, 5.41) is 4.40. The molecular weight excluding hydrogens is 178 g/mol. The lowest BCUT2D eigenvalue weighted by Gasteiger charge is -2.09. The van der Waals surface area contributed by atoms with Crippen LogP contribution in [0.4, 0.5) is 0 Å². The molecule has 0 aliphatic heterocycles. The first-order valence-corrected chi connectivity index (χ1v) is 4.02. The zero-order chi connectivity index (χ0) is 9.14. The smallest absolute Gasteiger partial charge is 0.242 e. The Morgan fingerprint density at radius 3 is 2.92 bits per heavy atom. The standard InChI is InChI=1S/C7H10ClN3O/c1-2-6(7(9)12)11-4-5(8)3-10-11/h3-4,6H,2H2,1H3,(H2,9,12)/t6-/m1/s1. The third-order valence-electron chi connectivity index (χ3n) is 1.60.